The first-order valence-corrected chi connectivity index (χ1v) is 16.1. The van der Waals surface area contributed by atoms with Crippen LogP contribution in [0.2, 0.25) is 10.0 Å². The molecule has 0 saturated carbocycles. The van der Waals surface area contributed by atoms with Gasteiger partial charge in [-0.15, -0.1) is 0 Å². The van der Waals surface area contributed by atoms with Gasteiger partial charge >= 0.3 is 18.1 Å². The second kappa shape index (κ2) is 13.0. The molecule has 250 valence electrons. The Kier molecular flexibility index (Phi) is 9.01. The topological polar surface area (TPSA) is 154 Å². The van der Waals surface area contributed by atoms with E-state index < -0.39 is 47.6 Å². The maximum atomic E-state index is 14.3. The molecule has 3 atom stereocenters. The van der Waals surface area contributed by atoms with Gasteiger partial charge in [-0.2, -0.15) is 0 Å². The van der Waals surface area contributed by atoms with E-state index in [0.717, 1.165) is 21.6 Å². The fraction of sp³-hybridized carbons (Fsp3) is 0.364. The number of imide groups is 1. The number of hydrogen-bond donors (Lipinski definition) is 1. The molecule has 3 aliphatic heterocycles. The number of piperazine rings is 1. The molecule has 3 aromatic rings. The highest BCUT2D eigenvalue weighted by Gasteiger charge is 2.63. The van der Waals surface area contributed by atoms with Crippen molar-refractivity contribution in [3.63, 3.8) is 0 Å². The number of rotatable bonds is 7. The second-order valence-corrected chi connectivity index (χ2v) is 13.3. The van der Waals surface area contributed by atoms with Crippen LogP contribution in [0.4, 0.5) is 15.3 Å². The van der Waals surface area contributed by atoms with Crippen molar-refractivity contribution >= 4 is 58.8 Å². The van der Waals surface area contributed by atoms with Crippen LogP contribution in [0.15, 0.2) is 61.2 Å². The molecule has 4 heterocycles. The summed E-state index contributed by atoms with van der Waals surface area (Å²) in [6.07, 6.45) is 3.28. The number of hydrogen-bond acceptors (Lipinski definition) is 8. The summed E-state index contributed by atoms with van der Waals surface area (Å²) in [5.74, 6) is -2.47. The van der Waals surface area contributed by atoms with Gasteiger partial charge in [-0.1, -0.05) is 61.3 Å². The average Bonchev–Trinajstić information content (AvgIpc) is 3.51. The first kappa shape index (κ1) is 33.2. The highest BCUT2D eigenvalue weighted by Crippen LogP contribution is 2.44. The Hall–Kier alpha value is -4.75. The van der Waals surface area contributed by atoms with Crippen LogP contribution in [0, 0.1) is 5.92 Å². The number of halogens is 2. The molecule has 3 aliphatic rings. The number of urea groups is 1. The van der Waals surface area contributed by atoms with Gasteiger partial charge in [0.15, 0.2) is 0 Å². The number of aromatic nitrogens is 2. The van der Waals surface area contributed by atoms with Crippen LogP contribution in [-0.2, 0) is 25.5 Å². The molecular weight excluding hydrogens is 663 g/mol. The normalized spacial score (nSPS) is 22.4. The number of carbonyl (C=O) groups excluding carboxylic acids is 4. The number of anilines is 1. The lowest BCUT2D eigenvalue weighted by Gasteiger charge is -2.39. The molecule has 13 nitrogen and oxygen atoms in total. The lowest BCUT2D eigenvalue weighted by atomic mass is 9.87. The van der Waals surface area contributed by atoms with E-state index in [1.54, 1.807) is 26.2 Å². The zero-order chi connectivity index (χ0) is 34.3. The minimum absolute atomic E-state index is 0.00343. The number of fused-ring (bicyclic) bond motifs is 1. The lowest BCUT2D eigenvalue weighted by Crippen LogP contribution is -2.60. The fourth-order valence-electron chi connectivity index (χ4n) is 6.60. The molecule has 0 bridgehead atoms. The van der Waals surface area contributed by atoms with Crippen molar-refractivity contribution in [1.29, 1.82) is 0 Å². The zero-order valence-corrected chi connectivity index (χ0v) is 27.6. The van der Waals surface area contributed by atoms with Crippen LogP contribution in [0.25, 0.3) is 11.1 Å². The largest absolute Gasteiger partial charge is 0.480 e. The summed E-state index contributed by atoms with van der Waals surface area (Å²) in [4.78, 5) is 79.4. The molecular formula is C33H32Cl2N6O7. The summed E-state index contributed by atoms with van der Waals surface area (Å²) in [7, 11) is 0. The Bertz CT molecular complexity index is 1760. The molecule has 0 spiro atoms. The van der Waals surface area contributed by atoms with Crippen molar-refractivity contribution in [3.8, 4) is 11.1 Å². The minimum atomic E-state index is -1.40. The van der Waals surface area contributed by atoms with Gasteiger partial charge in [0, 0.05) is 59.9 Å². The van der Waals surface area contributed by atoms with Crippen molar-refractivity contribution in [3.05, 3.63) is 76.8 Å². The molecule has 0 aliphatic carbocycles. The summed E-state index contributed by atoms with van der Waals surface area (Å²) >= 11 is 12.4. The Morgan fingerprint density at radius 1 is 0.979 bits per heavy atom. The average molecular weight is 696 g/mol. The molecule has 0 radical (unpaired) electrons. The number of aliphatic carboxylic acids is 1. The molecule has 6 rings (SSSR count). The highest BCUT2D eigenvalue weighted by molar-refractivity contribution is 6.35. The van der Waals surface area contributed by atoms with E-state index in [0.29, 0.717) is 0 Å². The molecule has 48 heavy (non-hydrogen) atoms. The number of nitrogens with zero attached hydrogens (tertiary/aromatic N) is 6. The highest BCUT2D eigenvalue weighted by atomic mass is 35.5. The van der Waals surface area contributed by atoms with Gasteiger partial charge in [0.05, 0.1) is 18.8 Å². The van der Waals surface area contributed by atoms with E-state index >= 15 is 0 Å². The number of carboxylic acids is 1. The molecule has 1 N–H and O–H groups in total. The predicted molar refractivity (Wildman–Crippen MR) is 174 cm³/mol. The van der Waals surface area contributed by atoms with Gasteiger partial charge < -0.3 is 24.5 Å². The van der Waals surface area contributed by atoms with Crippen LogP contribution in [-0.4, -0.2) is 104 Å². The lowest BCUT2D eigenvalue weighted by molar-refractivity contribution is -0.154. The molecule has 2 aromatic carbocycles. The number of carboxylic acid groups (broad SMARTS) is 1. The van der Waals surface area contributed by atoms with Crippen LogP contribution >= 0.6 is 23.2 Å². The monoisotopic (exact) mass is 694 g/mol. The molecule has 1 aromatic heterocycles. The smallest absolute Gasteiger partial charge is 0.410 e. The summed E-state index contributed by atoms with van der Waals surface area (Å²) in [5.41, 5.74) is 1.26. The minimum Gasteiger partial charge on any atom is -0.480 e. The van der Waals surface area contributed by atoms with Crippen molar-refractivity contribution in [1.82, 2.24) is 24.7 Å². The van der Waals surface area contributed by atoms with E-state index in [-0.39, 0.29) is 60.7 Å². The van der Waals surface area contributed by atoms with E-state index in [4.69, 9.17) is 27.9 Å². The van der Waals surface area contributed by atoms with E-state index in [2.05, 4.69) is 9.97 Å². The van der Waals surface area contributed by atoms with Crippen molar-refractivity contribution in [2.24, 2.45) is 5.92 Å². The zero-order valence-electron chi connectivity index (χ0n) is 26.1. The third-order valence-electron chi connectivity index (χ3n) is 8.91. The van der Waals surface area contributed by atoms with Gasteiger partial charge in [-0.25, -0.2) is 29.3 Å². The third-order valence-corrected chi connectivity index (χ3v) is 9.35. The van der Waals surface area contributed by atoms with Crippen LogP contribution in [0.5, 0.6) is 0 Å². The van der Waals surface area contributed by atoms with Crippen molar-refractivity contribution in [2.45, 2.75) is 44.4 Å². The maximum Gasteiger partial charge on any atom is 0.410 e. The molecule has 15 heteroatoms. The summed E-state index contributed by atoms with van der Waals surface area (Å²) in [5, 5.41) is 10.3. The number of amides is 5. The maximum absolute atomic E-state index is 14.3. The predicted octanol–water partition coefficient (Wildman–Crippen LogP) is 4.36. The van der Waals surface area contributed by atoms with E-state index in [1.807, 2.05) is 24.3 Å². The van der Waals surface area contributed by atoms with Crippen LogP contribution in [0.3, 0.4) is 0 Å². The Labute approximate surface area is 286 Å². The fourth-order valence-corrected chi connectivity index (χ4v) is 7.12. The number of ether oxygens (including phenoxy) is 1. The Morgan fingerprint density at radius 3 is 2.27 bits per heavy atom. The van der Waals surface area contributed by atoms with Crippen molar-refractivity contribution < 1.29 is 33.8 Å². The van der Waals surface area contributed by atoms with E-state index in [1.165, 1.54) is 39.2 Å². The van der Waals surface area contributed by atoms with Gasteiger partial charge in [0.2, 0.25) is 5.91 Å². The first-order chi connectivity index (χ1) is 22.9. The van der Waals surface area contributed by atoms with E-state index in [9.17, 15) is 29.1 Å². The summed E-state index contributed by atoms with van der Waals surface area (Å²) in [6.45, 7) is 3.14. The van der Waals surface area contributed by atoms with Gasteiger partial charge in [0.25, 0.3) is 5.91 Å². The van der Waals surface area contributed by atoms with Gasteiger partial charge in [-0.05, 0) is 29.3 Å². The van der Waals surface area contributed by atoms with Crippen molar-refractivity contribution in [2.75, 3.05) is 31.1 Å². The Morgan fingerprint density at radius 2 is 1.65 bits per heavy atom. The Balaban J connectivity index is 1.25. The van der Waals surface area contributed by atoms with Gasteiger partial charge in [0.1, 0.15) is 24.0 Å². The second-order valence-electron chi connectivity index (χ2n) is 12.4. The standard InChI is InChI=1S/C33H32Cl2N6O7/c1-19(2)28(42)39-8-7-38(17-27(39)29(43)44)32(47)48-26-13-33(12-20-3-5-21(6-4-20)22-14-36-18-37-15-22)30(45)41(31(46)40(33)16-26)25-10-23(34)9-24(35)11-25/h3-6,9-11,14-15,18-19,26-27H,7-8,12-13,16-17H2,1-2H3,(H,43,44)/t26-,27?,33+/m1/s1. The van der Waals surface area contributed by atoms with Gasteiger partial charge in [-0.3, -0.25) is 9.59 Å². The number of carbonyl (C=O) groups is 5. The molecule has 5 amide bonds. The summed E-state index contributed by atoms with van der Waals surface area (Å²) < 4.78 is 5.84. The van der Waals surface area contributed by atoms with Crippen LogP contribution < -0.4 is 4.90 Å². The quantitative estimate of drug-likeness (QED) is 0.355. The molecule has 3 fully saturated rings. The number of benzene rings is 2. The van der Waals surface area contributed by atoms with Crippen LogP contribution in [0.1, 0.15) is 25.8 Å². The third kappa shape index (κ3) is 6.15. The molecule has 3 saturated heterocycles. The summed E-state index contributed by atoms with van der Waals surface area (Å²) in [6, 6.07) is 10.1. The molecule has 1 unspecified atom stereocenters. The first-order valence-electron chi connectivity index (χ1n) is 15.3. The SMILES string of the molecule is CC(C)C(=O)N1CCN(C(=O)O[C@H]2CN3C(=O)N(c4cc(Cl)cc(Cl)c4)C(=O)[C@]3(Cc3ccc(-c4cncnc4)cc3)C2)CC1C(=O)O.